The molecule has 0 saturated carbocycles. The van der Waals surface area contributed by atoms with Crippen LogP contribution in [0, 0.1) is 0 Å². The number of hydrogen-bond acceptors (Lipinski definition) is 6. The molecule has 0 fully saturated rings. The highest BCUT2D eigenvalue weighted by atomic mass is 16.5. The van der Waals surface area contributed by atoms with E-state index in [9.17, 15) is 9.90 Å². The van der Waals surface area contributed by atoms with Crippen LogP contribution < -0.4 is 10.1 Å². The van der Waals surface area contributed by atoms with E-state index in [1.54, 1.807) is 11.8 Å². The van der Waals surface area contributed by atoms with E-state index < -0.39 is 18.1 Å². The fourth-order valence-corrected chi connectivity index (χ4v) is 4.34. The summed E-state index contributed by atoms with van der Waals surface area (Å²) in [6.07, 6.45) is 2.15. The molecule has 182 valence electrons. The number of aliphatic carboxylic acids is 1. The van der Waals surface area contributed by atoms with E-state index in [2.05, 4.69) is 25.8 Å². The number of rotatable bonds is 10. The molecule has 9 nitrogen and oxygen atoms in total. The number of H-pyrrole nitrogens is 1. The molecule has 2 aromatic heterocycles. The van der Waals surface area contributed by atoms with Gasteiger partial charge in [-0.25, -0.2) is 4.68 Å². The van der Waals surface area contributed by atoms with E-state index in [1.807, 2.05) is 85.1 Å². The maximum absolute atomic E-state index is 12.4. The first-order valence-corrected chi connectivity index (χ1v) is 11.6. The Labute approximate surface area is 207 Å². The molecule has 3 N–H and O–H groups in total. The summed E-state index contributed by atoms with van der Waals surface area (Å²) in [5, 5.41) is 26.9. The lowest BCUT2D eigenvalue weighted by Crippen LogP contribution is -2.42. The summed E-state index contributed by atoms with van der Waals surface area (Å²) in [4.78, 5) is 15.6. The monoisotopic (exact) mass is 482 g/mol. The molecular formula is C27H26N6O3. The number of benzene rings is 3. The number of methoxy groups -OCH3 is 1. The maximum atomic E-state index is 12.4. The van der Waals surface area contributed by atoms with Crippen molar-refractivity contribution in [1.82, 2.24) is 30.5 Å². The summed E-state index contributed by atoms with van der Waals surface area (Å²) >= 11 is 0. The van der Waals surface area contributed by atoms with Crippen molar-refractivity contribution in [3.8, 4) is 5.75 Å². The molecular weight excluding hydrogens is 456 g/mol. The zero-order valence-corrected chi connectivity index (χ0v) is 19.7. The van der Waals surface area contributed by atoms with Gasteiger partial charge < -0.3 is 14.8 Å². The minimum Gasteiger partial charge on any atom is -0.497 e. The molecule has 0 saturated heterocycles. The molecule has 5 aromatic rings. The van der Waals surface area contributed by atoms with Crippen LogP contribution in [0.3, 0.4) is 0 Å². The van der Waals surface area contributed by atoms with Crippen LogP contribution in [0.4, 0.5) is 0 Å². The van der Waals surface area contributed by atoms with Gasteiger partial charge in [-0.3, -0.25) is 10.1 Å². The van der Waals surface area contributed by atoms with E-state index in [0.717, 1.165) is 27.6 Å². The normalized spacial score (nSPS) is 12.9. The van der Waals surface area contributed by atoms with Gasteiger partial charge in [0.05, 0.1) is 19.7 Å². The summed E-state index contributed by atoms with van der Waals surface area (Å²) in [6.45, 7) is 0.456. The fourth-order valence-electron chi connectivity index (χ4n) is 4.34. The summed E-state index contributed by atoms with van der Waals surface area (Å²) in [7, 11) is 1.60. The van der Waals surface area contributed by atoms with Crippen molar-refractivity contribution in [2.24, 2.45) is 0 Å². The summed E-state index contributed by atoms with van der Waals surface area (Å²) in [5.41, 5.74) is 3.75. The Hall–Kier alpha value is -4.50. The molecule has 9 heteroatoms. The maximum Gasteiger partial charge on any atom is 0.321 e. The van der Waals surface area contributed by atoms with E-state index >= 15 is 0 Å². The number of aromatic amines is 1. The van der Waals surface area contributed by atoms with Gasteiger partial charge in [0.15, 0.2) is 5.82 Å². The number of ether oxygens (including phenoxy) is 1. The minimum atomic E-state index is -0.958. The van der Waals surface area contributed by atoms with Gasteiger partial charge in [-0.1, -0.05) is 60.7 Å². The number of para-hydroxylation sites is 1. The van der Waals surface area contributed by atoms with Gasteiger partial charge in [0.2, 0.25) is 0 Å². The standard InChI is InChI=1S/C27H26N6O3/c1-36-21-13-11-19(12-14-21)25(26-30-31-32-33(26)17-18-7-3-2-4-8-18)29-24(27(34)35)15-20-16-28-23-10-6-5-9-22(20)23/h2-14,16,24-25,28-29H,15,17H2,1H3,(H,34,35)/t24-,25?/m0/s1. The van der Waals surface area contributed by atoms with Crippen molar-refractivity contribution >= 4 is 16.9 Å². The smallest absolute Gasteiger partial charge is 0.321 e. The van der Waals surface area contributed by atoms with Crippen LogP contribution in [-0.2, 0) is 17.8 Å². The second-order valence-corrected chi connectivity index (χ2v) is 8.51. The third-order valence-corrected chi connectivity index (χ3v) is 6.21. The highest BCUT2D eigenvalue weighted by Crippen LogP contribution is 2.25. The molecule has 5 rings (SSSR count). The number of fused-ring (bicyclic) bond motifs is 1. The third kappa shape index (κ3) is 4.96. The summed E-state index contributed by atoms with van der Waals surface area (Å²) in [5.74, 6) is 0.269. The van der Waals surface area contributed by atoms with Gasteiger partial charge in [-0.05, 0) is 45.3 Å². The average molecular weight is 483 g/mol. The minimum absolute atomic E-state index is 0.284. The topological polar surface area (TPSA) is 118 Å². The predicted molar refractivity (Wildman–Crippen MR) is 135 cm³/mol. The molecule has 2 atom stereocenters. The van der Waals surface area contributed by atoms with Gasteiger partial charge in [-0.15, -0.1) is 5.10 Å². The SMILES string of the molecule is COc1ccc(C(N[C@@H](Cc2c[nH]c3ccccc23)C(=O)O)c2nnnn2Cc2ccccc2)cc1. The van der Waals surface area contributed by atoms with Gasteiger partial charge >= 0.3 is 5.97 Å². The van der Waals surface area contributed by atoms with E-state index in [-0.39, 0.29) is 6.42 Å². The molecule has 1 unspecified atom stereocenters. The molecule has 0 aliphatic heterocycles. The highest BCUT2D eigenvalue weighted by Gasteiger charge is 2.29. The van der Waals surface area contributed by atoms with Crippen LogP contribution in [0.15, 0.2) is 85.1 Å². The number of nitrogens with zero attached hydrogens (tertiary/aromatic N) is 4. The first kappa shape index (κ1) is 23.3. The van der Waals surface area contributed by atoms with Gasteiger partial charge in [0, 0.05) is 23.5 Å². The Morgan fingerprint density at radius 1 is 1.06 bits per heavy atom. The van der Waals surface area contributed by atoms with Crippen LogP contribution in [-0.4, -0.2) is 49.4 Å². The fraction of sp³-hybridized carbons (Fsp3) is 0.185. The van der Waals surface area contributed by atoms with Crippen molar-refractivity contribution in [3.05, 3.63) is 108 Å². The zero-order valence-electron chi connectivity index (χ0n) is 19.7. The number of aromatic nitrogens is 5. The molecule has 0 aliphatic rings. The second kappa shape index (κ2) is 10.4. The molecule has 0 amide bonds. The Morgan fingerprint density at radius 2 is 1.81 bits per heavy atom. The molecule has 0 spiro atoms. The lowest BCUT2D eigenvalue weighted by atomic mass is 10.0. The second-order valence-electron chi connectivity index (χ2n) is 8.51. The molecule has 2 heterocycles. The molecule has 36 heavy (non-hydrogen) atoms. The summed E-state index contributed by atoms with van der Waals surface area (Å²) in [6, 6.07) is 23.7. The van der Waals surface area contributed by atoms with Crippen molar-refractivity contribution in [2.75, 3.05) is 7.11 Å². The molecule has 0 aliphatic carbocycles. The van der Waals surface area contributed by atoms with Crippen molar-refractivity contribution < 1.29 is 14.6 Å². The van der Waals surface area contributed by atoms with Gasteiger partial charge in [0.25, 0.3) is 0 Å². The Kier molecular flexibility index (Phi) is 6.72. The van der Waals surface area contributed by atoms with Crippen LogP contribution in [0.5, 0.6) is 5.75 Å². The van der Waals surface area contributed by atoms with Crippen LogP contribution in [0.25, 0.3) is 10.9 Å². The molecule has 0 bridgehead atoms. The van der Waals surface area contributed by atoms with E-state index in [0.29, 0.717) is 18.1 Å². The number of tetrazole rings is 1. The van der Waals surface area contributed by atoms with Crippen LogP contribution in [0.2, 0.25) is 0 Å². The number of carbonyl (C=O) groups is 1. The van der Waals surface area contributed by atoms with Crippen LogP contribution in [0.1, 0.15) is 28.6 Å². The Bertz CT molecular complexity index is 1450. The third-order valence-electron chi connectivity index (χ3n) is 6.21. The lowest BCUT2D eigenvalue weighted by Gasteiger charge is -2.23. The zero-order chi connectivity index (χ0) is 24.9. The first-order chi connectivity index (χ1) is 17.6. The number of carboxylic acid groups (broad SMARTS) is 1. The lowest BCUT2D eigenvalue weighted by molar-refractivity contribution is -0.139. The van der Waals surface area contributed by atoms with Crippen LogP contribution >= 0.6 is 0 Å². The van der Waals surface area contributed by atoms with Gasteiger partial charge in [0.1, 0.15) is 11.8 Å². The predicted octanol–water partition coefficient (Wildman–Crippen LogP) is 3.59. The van der Waals surface area contributed by atoms with Crippen molar-refractivity contribution in [3.63, 3.8) is 0 Å². The van der Waals surface area contributed by atoms with E-state index in [1.165, 1.54) is 0 Å². The first-order valence-electron chi connectivity index (χ1n) is 11.6. The molecule has 3 aromatic carbocycles. The highest BCUT2D eigenvalue weighted by molar-refractivity contribution is 5.84. The largest absolute Gasteiger partial charge is 0.497 e. The van der Waals surface area contributed by atoms with Gasteiger partial charge in [-0.2, -0.15) is 0 Å². The Balaban J connectivity index is 1.49. The number of hydrogen-bond donors (Lipinski definition) is 3. The summed E-state index contributed by atoms with van der Waals surface area (Å²) < 4.78 is 7.01. The number of carboxylic acids is 1. The average Bonchev–Trinajstić information content (AvgIpc) is 3.54. The van der Waals surface area contributed by atoms with Crippen molar-refractivity contribution in [2.45, 2.75) is 25.0 Å². The number of nitrogens with one attached hydrogen (secondary N) is 2. The molecule has 0 radical (unpaired) electrons. The Morgan fingerprint density at radius 3 is 2.56 bits per heavy atom. The van der Waals surface area contributed by atoms with E-state index in [4.69, 9.17) is 4.74 Å². The van der Waals surface area contributed by atoms with Crippen molar-refractivity contribution in [1.29, 1.82) is 0 Å². The quantitative estimate of drug-likeness (QED) is 0.278.